The van der Waals surface area contributed by atoms with Crippen LogP contribution in [0.15, 0.2) is 42.7 Å². The molecule has 3 rings (SSSR count). The number of carbonyl (C=O) groups excluding carboxylic acids is 2. The summed E-state index contributed by atoms with van der Waals surface area (Å²) in [7, 11) is 0. The topological polar surface area (TPSA) is 88.9 Å². The Balaban J connectivity index is 1.46. The van der Waals surface area contributed by atoms with Crippen molar-refractivity contribution in [2.45, 2.75) is 32.0 Å². The average Bonchev–Trinajstić information content (AvgIpc) is 3.06. The van der Waals surface area contributed by atoms with Crippen molar-refractivity contribution >= 4 is 17.4 Å². The minimum atomic E-state index is -0.345. The Morgan fingerprint density at radius 3 is 2.72 bits per heavy atom. The van der Waals surface area contributed by atoms with Crippen molar-refractivity contribution in [3.63, 3.8) is 0 Å². The normalized spacial score (nSPS) is 19.4. The zero-order valence-electron chi connectivity index (χ0n) is 13.6. The zero-order chi connectivity index (χ0) is 17.8. The third-order valence-electron chi connectivity index (χ3n) is 3.84. The van der Waals surface area contributed by atoms with Crippen molar-refractivity contribution in [3.05, 3.63) is 54.1 Å². The van der Waals surface area contributed by atoms with Gasteiger partial charge in [-0.15, -0.1) is 0 Å². The lowest BCUT2D eigenvalue weighted by Crippen LogP contribution is -2.36. The molecule has 8 heteroatoms. The fourth-order valence-electron chi connectivity index (χ4n) is 2.46. The maximum Gasteiger partial charge on any atom is 0.244 e. The zero-order valence-corrected chi connectivity index (χ0v) is 13.6. The Bertz CT molecular complexity index is 803. The molecule has 1 fully saturated rings. The van der Waals surface area contributed by atoms with Crippen molar-refractivity contribution in [2.24, 2.45) is 0 Å². The first kappa shape index (κ1) is 16.8. The van der Waals surface area contributed by atoms with Gasteiger partial charge in [0, 0.05) is 6.08 Å². The molecule has 2 N–H and O–H groups in total. The van der Waals surface area contributed by atoms with E-state index in [1.807, 2.05) is 0 Å². The van der Waals surface area contributed by atoms with Crippen molar-refractivity contribution in [3.8, 4) is 0 Å². The summed E-state index contributed by atoms with van der Waals surface area (Å²) in [5, 5.41) is 13.4. The van der Waals surface area contributed by atoms with E-state index in [1.165, 1.54) is 35.4 Å². The van der Waals surface area contributed by atoms with Gasteiger partial charge in [0.1, 0.15) is 12.4 Å². The SMILES string of the molecule is C/C(=C\C(=O)N[C@H]1C[C@@H]1NC(=O)Cn1nccn1)c1cccc(F)c1. The number of hydrogen-bond acceptors (Lipinski definition) is 4. The second-order valence-corrected chi connectivity index (χ2v) is 5.92. The fraction of sp³-hybridized carbons (Fsp3) is 0.294. The quantitative estimate of drug-likeness (QED) is 0.763. The molecule has 1 aliphatic rings. The van der Waals surface area contributed by atoms with Crippen molar-refractivity contribution in [1.82, 2.24) is 25.6 Å². The highest BCUT2D eigenvalue weighted by atomic mass is 19.1. The van der Waals surface area contributed by atoms with E-state index in [9.17, 15) is 14.0 Å². The summed E-state index contributed by atoms with van der Waals surface area (Å²) in [6.07, 6.45) is 5.11. The third kappa shape index (κ3) is 4.72. The molecule has 1 aliphatic carbocycles. The van der Waals surface area contributed by atoms with Crippen LogP contribution in [0.3, 0.4) is 0 Å². The smallest absolute Gasteiger partial charge is 0.244 e. The molecular formula is C17H18FN5O2. The molecular weight excluding hydrogens is 325 g/mol. The summed E-state index contributed by atoms with van der Waals surface area (Å²) < 4.78 is 13.2. The first-order valence-corrected chi connectivity index (χ1v) is 7.89. The highest BCUT2D eigenvalue weighted by Crippen LogP contribution is 2.21. The number of nitrogens with one attached hydrogen (secondary N) is 2. The van der Waals surface area contributed by atoms with E-state index in [0.717, 1.165) is 0 Å². The van der Waals surface area contributed by atoms with Gasteiger partial charge in [-0.1, -0.05) is 12.1 Å². The summed E-state index contributed by atoms with van der Waals surface area (Å²) in [6.45, 7) is 1.79. The molecule has 2 atom stereocenters. The Labute approximate surface area is 143 Å². The molecule has 1 heterocycles. The number of hydrogen-bond donors (Lipinski definition) is 2. The van der Waals surface area contributed by atoms with Crippen LogP contribution in [0.2, 0.25) is 0 Å². The van der Waals surface area contributed by atoms with Gasteiger partial charge in [-0.3, -0.25) is 9.59 Å². The number of amides is 2. The van der Waals surface area contributed by atoms with E-state index in [1.54, 1.807) is 19.1 Å². The average molecular weight is 343 g/mol. The van der Waals surface area contributed by atoms with Crippen LogP contribution in [-0.2, 0) is 16.1 Å². The van der Waals surface area contributed by atoms with Gasteiger partial charge < -0.3 is 10.6 Å². The number of carbonyl (C=O) groups is 2. The van der Waals surface area contributed by atoms with Crippen LogP contribution < -0.4 is 10.6 Å². The first-order chi connectivity index (χ1) is 12.0. The van der Waals surface area contributed by atoms with Crippen molar-refractivity contribution in [2.75, 3.05) is 0 Å². The number of allylic oxidation sites excluding steroid dienone is 1. The first-order valence-electron chi connectivity index (χ1n) is 7.89. The van der Waals surface area contributed by atoms with Crippen LogP contribution in [0.25, 0.3) is 5.57 Å². The predicted molar refractivity (Wildman–Crippen MR) is 88.6 cm³/mol. The van der Waals surface area contributed by atoms with Crippen LogP contribution in [0.5, 0.6) is 0 Å². The van der Waals surface area contributed by atoms with Crippen molar-refractivity contribution in [1.29, 1.82) is 0 Å². The summed E-state index contributed by atoms with van der Waals surface area (Å²) in [4.78, 5) is 25.1. The molecule has 0 aliphatic heterocycles. The van der Waals surface area contributed by atoms with Crippen molar-refractivity contribution < 1.29 is 14.0 Å². The Kier molecular flexibility index (Phi) is 4.87. The number of halogens is 1. The molecule has 1 aromatic heterocycles. The largest absolute Gasteiger partial charge is 0.350 e. The molecule has 2 aromatic rings. The highest BCUT2D eigenvalue weighted by Gasteiger charge is 2.39. The molecule has 1 saturated carbocycles. The Hall–Kier alpha value is -3.03. The van der Waals surface area contributed by atoms with E-state index < -0.39 is 0 Å². The standard InChI is InChI=1S/C17H18FN5O2/c1-11(12-3-2-4-13(18)8-12)7-16(24)21-14-9-15(14)22-17(25)10-23-19-5-6-20-23/h2-8,14-15H,9-10H2,1H3,(H,21,24)(H,22,25)/b11-7+/t14-,15-/m0/s1. The molecule has 1 aromatic carbocycles. The predicted octanol–water partition coefficient (Wildman–Crippen LogP) is 0.894. The summed E-state index contributed by atoms with van der Waals surface area (Å²) in [6, 6.07) is 5.89. The monoisotopic (exact) mass is 343 g/mol. The van der Waals surface area contributed by atoms with Gasteiger partial charge in [-0.05, 0) is 36.6 Å². The van der Waals surface area contributed by atoms with Gasteiger partial charge >= 0.3 is 0 Å². The molecule has 0 radical (unpaired) electrons. The summed E-state index contributed by atoms with van der Waals surface area (Å²) in [5.74, 6) is -0.816. The lowest BCUT2D eigenvalue weighted by atomic mass is 10.1. The van der Waals surface area contributed by atoms with Crippen LogP contribution in [0, 0.1) is 5.82 Å². The second kappa shape index (κ2) is 7.25. The van der Waals surface area contributed by atoms with Gasteiger partial charge in [0.25, 0.3) is 0 Å². The van der Waals surface area contributed by atoms with Gasteiger partial charge in [0.15, 0.2) is 0 Å². The molecule has 0 bridgehead atoms. The number of rotatable bonds is 6. The van der Waals surface area contributed by atoms with E-state index in [4.69, 9.17) is 0 Å². The van der Waals surface area contributed by atoms with E-state index >= 15 is 0 Å². The van der Waals surface area contributed by atoms with Gasteiger partial charge in [-0.25, -0.2) is 4.39 Å². The van der Waals surface area contributed by atoms with Gasteiger partial charge in [0.05, 0.1) is 24.5 Å². The maximum atomic E-state index is 13.2. The number of benzene rings is 1. The molecule has 0 spiro atoms. The summed E-state index contributed by atoms with van der Waals surface area (Å²) in [5.41, 5.74) is 1.32. The van der Waals surface area contributed by atoms with Crippen LogP contribution in [0.1, 0.15) is 18.9 Å². The molecule has 7 nitrogen and oxygen atoms in total. The molecule has 25 heavy (non-hydrogen) atoms. The molecule has 0 saturated heterocycles. The lowest BCUT2D eigenvalue weighted by Gasteiger charge is -2.06. The lowest BCUT2D eigenvalue weighted by molar-refractivity contribution is -0.122. The van der Waals surface area contributed by atoms with E-state index in [-0.39, 0.29) is 36.3 Å². The van der Waals surface area contributed by atoms with Gasteiger partial charge in [-0.2, -0.15) is 15.0 Å². The van der Waals surface area contributed by atoms with Crippen LogP contribution >= 0.6 is 0 Å². The van der Waals surface area contributed by atoms with E-state index in [0.29, 0.717) is 17.6 Å². The molecule has 130 valence electrons. The summed E-state index contributed by atoms with van der Waals surface area (Å²) >= 11 is 0. The second-order valence-electron chi connectivity index (χ2n) is 5.92. The highest BCUT2D eigenvalue weighted by molar-refractivity contribution is 5.95. The fourth-order valence-corrected chi connectivity index (χ4v) is 2.46. The van der Waals surface area contributed by atoms with E-state index in [2.05, 4.69) is 20.8 Å². The minimum Gasteiger partial charge on any atom is -0.350 e. The van der Waals surface area contributed by atoms with Crippen LogP contribution in [0.4, 0.5) is 4.39 Å². The number of nitrogens with zero attached hydrogens (tertiary/aromatic N) is 3. The molecule has 0 unspecified atom stereocenters. The van der Waals surface area contributed by atoms with Crippen LogP contribution in [-0.4, -0.2) is 38.9 Å². The minimum absolute atomic E-state index is 0.0444. The Morgan fingerprint density at radius 2 is 2.00 bits per heavy atom. The third-order valence-corrected chi connectivity index (χ3v) is 3.84. The maximum absolute atomic E-state index is 13.2. The van der Waals surface area contributed by atoms with Gasteiger partial charge in [0.2, 0.25) is 11.8 Å². The number of aromatic nitrogens is 3. The molecule has 2 amide bonds. The Morgan fingerprint density at radius 1 is 1.28 bits per heavy atom.